The Labute approximate surface area is 95.3 Å². The molecular formula is C12H16N4. The molecule has 0 aromatic carbocycles. The summed E-state index contributed by atoms with van der Waals surface area (Å²) in [7, 11) is 0. The molecule has 84 valence electrons. The van der Waals surface area contributed by atoms with Crippen LogP contribution in [0.1, 0.15) is 18.3 Å². The van der Waals surface area contributed by atoms with Crippen LogP contribution in [0.2, 0.25) is 0 Å². The van der Waals surface area contributed by atoms with Gasteiger partial charge in [-0.25, -0.2) is 0 Å². The van der Waals surface area contributed by atoms with E-state index < -0.39 is 0 Å². The molecule has 4 heteroatoms. The predicted molar refractivity (Wildman–Crippen MR) is 64.2 cm³/mol. The van der Waals surface area contributed by atoms with Gasteiger partial charge in [-0.1, -0.05) is 0 Å². The summed E-state index contributed by atoms with van der Waals surface area (Å²) in [6.07, 6.45) is 3.68. The van der Waals surface area contributed by atoms with E-state index in [0.29, 0.717) is 0 Å². The van der Waals surface area contributed by atoms with Gasteiger partial charge in [0.15, 0.2) is 0 Å². The monoisotopic (exact) mass is 216 g/mol. The number of rotatable bonds is 4. The highest BCUT2D eigenvalue weighted by Crippen LogP contribution is 2.08. The Morgan fingerprint density at radius 2 is 2.19 bits per heavy atom. The van der Waals surface area contributed by atoms with E-state index in [0.717, 1.165) is 24.5 Å². The van der Waals surface area contributed by atoms with E-state index in [-0.39, 0.29) is 0 Å². The fourth-order valence-electron chi connectivity index (χ4n) is 1.56. The van der Waals surface area contributed by atoms with Crippen LogP contribution in [0, 0.1) is 6.92 Å². The van der Waals surface area contributed by atoms with E-state index in [4.69, 9.17) is 0 Å². The van der Waals surface area contributed by atoms with Crippen LogP contribution in [0.3, 0.4) is 0 Å². The fourth-order valence-corrected chi connectivity index (χ4v) is 1.56. The largest absolute Gasteiger partial charge is 0.378 e. The first-order valence-corrected chi connectivity index (χ1v) is 5.47. The van der Waals surface area contributed by atoms with Gasteiger partial charge in [-0.05, 0) is 32.0 Å². The van der Waals surface area contributed by atoms with Gasteiger partial charge in [-0.3, -0.25) is 9.67 Å². The standard InChI is InChI=1S/C12H16N4/c1-3-16-12(6-7-15-16)9-14-11-5-4-10(2)13-8-11/h4-8,14H,3,9H2,1-2H3. The van der Waals surface area contributed by atoms with Crippen LogP contribution >= 0.6 is 0 Å². The Bertz CT molecular complexity index is 444. The SMILES string of the molecule is CCn1nccc1CNc1ccc(C)nc1. The van der Waals surface area contributed by atoms with Crippen molar-refractivity contribution in [3.8, 4) is 0 Å². The van der Waals surface area contributed by atoms with Gasteiger partial charge in [-0.15, -0.1) is 0 Å². The second-order valence-electron chi connectivity index (χ2n) is 3.68. The minimum atomic E-state index is 0.776. The number of hydrogen-bond acceptors (Lipinski definition) is 3. The summed E-state index contributed by atoms with van der Waals surface area (Å²) in [4.78, 5) is 4.24. The molecule has 0 spiro atoms. The van der Waals surface area contributed by atoms with Crippen molar-refractivity contribution in [2.75, 3.05) is 5.32 Å². The molecule has 2 heterocycles. The lowest BCUT2D eigenvalue weighted by molar-refractivity contribution is 0.627. The normalized spacial score (nSPS) is 10.4. The molecule has 0 aliphatic heterocycles. The highest BCUT2D eigenvalue weighted by molar-refractivity contribution is 5.41. The lowest BCUT2D eigenvalue weighted by Crippen LogP contribution is -2.07. The number of anilines is 1. The summed E-state index contributed by atoms with van der Waals surface area (Å²) in [6.45, 7) is 5.74. The van der Waals surface area contributed by atoms with Crippen LogP contribution in [0.25, 0.3) is 0 Å². The molecule has 2 aromatic rings. The van der Waals surface area contributed by atoms with Crippen molar-refractivity contribution < 1.29 is 0 Å². The van der Waals surface area contributed by atoms with Crippen molar-refractivity contribution in [1.29, 1.82) is 0 Å². The summed E-state index contributed by atoms with van der Waals surface area (Å²) in [5, 5.41) is 7.55. The van der Waals surface area contributed by atoms with Gasteiger partial charge < -0.3 is 5.32 Å². The number of aromatic nitrogens is 3. The van der Waals surface area contributed by atoms with Gasteiger partial charge >= 0.3 is 0 Å². The molecular weight excluding hydrogens is 200 g/mol. The van der Waals surface area contributed by atoms with Crippen LogP contribution in [-0.4, -0.2) is 14.8 Å². The van der Waals surface area contributed by atoms with Crippen molar-refractivity contribution in [3.05, 3.63) is 42.0 Å². The third kappa shape index (κ3) is 2.39. The Hall–Kier alpha value is -1.84. The van der Waals surface area contributed by atoms with Crippen molar-refractivity contribution in [2.45, 2.75) is 26.9 Å². The van der Waals surface area contributed by atoms with Gasteiger partial charge in [-0.2, -0.15) is 5.10 Å². The summed E-state index contributed by atoms with van der Waals surface area (Å²) < 4.78 is 1.98. The van der Waals surface area contributed by atoms with E-state index >= 15 is 0 Å². The molecule has 0 fully saturated rings. The van der Waals surface area contributed by atoms with E-state index in [1.807, 2.05) is 42.2 Å². The van der Waals surface area contributed by atoms with Gasteiger partial charge in [0, 0.05) is 18.4 Å². The third-order valence-corrected chi connectivity index (χ3v) is 2.49. The first-order valence-electron chi connectivity index (χ1n) is 5.47. The fraction of sp³-hybridized carbons (Fsp3) is 0.333. The number of nitrogens with zero attached hydrogens (tertiary/aromatic N) is 3. The van der Waals surface area contributed by atoms with Gasteiger partial charge in [0.05, 0.1) is 24.1 Å². The molecule has 0 amide bonds. The Morgan fingerprint density at radius 1 is 1.31 bits per heavy atom. The molecule has 2 rings (SSSR count). The minimum Gasteiger partial charge on any atom is -0.378 e. The molecule has 4 nitrogen and oxygen atoms in total. The van der Waals surface area contributed by atoms with Crippen LogP contribution in [-0.2, 0) is 13.1 Å². The van der Waals surface area contributed by atoms with Crippen LogP contribution in [0.15, 0.2) is 30.6 Å². The molecule has 0 radical (unpaired) electrons. The maximum atomic E-state index is 4.24. The first-order chi connectivity index (χ1) is 7.79. The molecule has 16 heavy (non-hydrogen) atoms. The van der Waals surface area contributed by atoms with E-state index in [1.165, 1.54) is 5.69 Å². The smallest absolute Gasteiger partial charge is 0.0575 e. The third-order valence-electron chi connectivity index (χ3n) is 2.49. The number of hydrogen-bond donors (Lipinski definition) is 1. The lowest BCUT2D eigenvalue weighted by atomic mass is 10.3. The quantitative estimate of drug-likeness (QED) is 0.852. The molecule has 0 atom stereocenters. The van der Waals surface area contributed by atoms with Crippen molar-refractivity contribution in [1.82, 2.24) is 14.8 Å². The lowest BCUT2D eigenvalue weighted by Gasteiger charge is -2.07. The predicted octanol–water partition coefficient (Wildman–Crippen LogP) is 2.22. The molecule has 0 unspecified atom stereocenters. The Morgan fingerprint density at radius 3 is 2.88 bits per heavy atom. The topological polar surface area (TPSA) is 42.7 Å². The van der Waals surface area contributed by atoms with E-state index in [2.05, 4.69) is 22.3 Å². The van der Waals surface area contributed by atoms with Crippen LogP contribution in [0.5, 0.6) is 0 Å². The number of aryl methyl sites for hydroxylation is 2. The molecule has 0 aliphatic rings. The highest BCUT2D eigenvalue weighted by Gasteiger charge is 2.00. The summed E-state index contributed by atoms with van der Waals surface area (Å²) in [6, 6.07) is 6.06. The van der Waals surface area contributed by atoms with Crippen molar-refractivity contribution in [2.24, 2.45) is 0 Å². The molecule has 2 aromatic heterocycles. The number of pyridine rings is 1. The zero-order chi connectivity index (χ0) is 11.4. The van der Waals surface area contributed by atoms with E-state index in [1.54, 1.807) is 0 Å². The van der Waals surface area contributed by atoms with Crippen LogP contribution in [0.4, 0.5) is 5.69 Å². The van der Waals surface area contributed by atoms with Crippen molar-refractivity contribution in [3.63, 3.8) is 0 Å². The maximum Gasteiger partial charge on any atom is 0.0575 e. The average molecular weight is 216 g/mol. The molecule has 0 saturated heterocycles. The molecule has 0 saturated carbocycles. The highest BCUT2D eigenvalue weighted by atomic mass is 15.3. The van der Waals surface area contributed by atoms with Gasteiger partial charge in [0.25, 0.3) is 0 Å². The summed E-state index contributed by atoms with van der Waals surface area (Å²) in [5.74, 6) is 0. The molecule has 0 aliphatic carbocycles. The second-order valence-corrected chi connectivity index (χ2v) is 3.68. The average Bonchev–Trinajstić information content (AvgIpc) is 2.76. The summed E-state index contributed by atoms with van der Waals surface area (Å²) >= 11 is 0. The van der Waals surface area contributed by atoms with Gasteiger partial charge in [0.2, 0.25) is 0 Å². The first kappa shape index (κ1) is 10.7. The zero-order valence-electron chi connectivity index (χ0n) is 9.64. The maximum absolute atomic E-state index is 4.24. The molecule has 0 bridgehead atoms. The number of nitrogens with one attached hydrogen (secondary N) is 1. The van der Waals surface area contributed by atoms with Gasteiger partial charge in [0.1, 0.15) is 0 Å². The van der Waals surface area contributed by atoms with Crippen molar-refractivity contribution >= 4 is 5.69 Å². The molecule has 1 N–H and O–H groups in total. The second kappa shape index (κ2) is 4.79. The van der Waals surface area contributed by atoms with Crippen LogP contribution < -0.4 is 5.32 Å². The Kier molecular flexibility index (Phi) is 3.19. The van der Waals surface area contributed by atoms with E-state index in [9.17, 15) is 0 Å². The zero-order valence-corrected chi connectivity index (χ0v) is 9.64. The Balaban J connectivity index is 1.99. The minimum absolute atomic E-state index is 0.776. The summed E-state index contributed by atoms with van der Waals surface area (Å²) in [5.41, 5.74) is 3.25.